The van der Waals surface area contributed by atoms with Gasteiger partial charge in [-0.2, -0.15) is 0 Å². The average molecular weight is 402 g/mol. The maximum absolute atomic E-state index is 13.5. The fourth-order valence-corrected chi connectivity index (χ4v) is 2.44. The topological polar surface area (TPSA) is 93.7 Å². The standard InChI is InChI=1S/C21H23FN2O5/c1-2-28-21(27)29-17-10-7-16(8-11-17)20(26)24-14-13-23-19(25)12-9-15-5-3-4-6-18(15)22/h3-8,10-11H,2,9,12-14H2,1H3,(H,23,25)(H,24,26). The summed E-state index contributed by atoms with van der Waals surface area (Å²) in [6.45, 7) is 2.37. The van der Waals surface area contributed by atoms with Crippen molar-refractivity contribution >= 4 is 18.0 Å². The number of halogens is 1. The molecule has 2 amide bonds. The highest BCUT2D eigenvalue weighted by molar-refractivity contribution is 5.94. The highest BCUT2D eigenvalue weighted by Gasteiger charge is 2.09. The molecule has 0 fully saturated rings. The molecule has 2 rings (SSSR count). The molecule has 2 aromatic rings. The van der Waals surface area contributed by atoms with Gasteiger partial charge in [0.05, 0.1) is 6.61 Å². The van der Waals surface area contributed by atoms with Crippen LogP contribution in [0, 0.1) is 5.82 Å². The maximum atomic E-state index is 13.5. The molecule has 29 heavy (non-hydrogen) atoms. The molecule has 0 radical (unpaired) electrons. The lowest BCUT2D eigenvalue weighted by molar-refractivity contribution is -0.121. The minimum atomic E-state index is -0.810. The first-order chi connectivity index (χ1) is 14.0. The Bertz CT molecular complexity index is 839. The minimum Gasteiger partial charge on any atom is -0.434 e. The molecule has 2 N–H and O–H groups in total. The number of nitrogens with one attached hydrogen (secondary N) is 2. The lowest BCUT2D eigenvalue weighted by Crippen LogP contribution is -2.34. The monoisotopic (exact) mass is 402 g/mol. The van der Waals surface area contributed by atoms with Crippen molar-refractivity contribution in [2.24, 2.45) is 0 Å². The molecule has 0 bridgehead atoms. The van der Waals surface area contributed by atoms with Crippen LogP contribution in [0.1, 0.15) is 29.3 Å². The van der Waals surface area contributed by atoms with Gasteiger partial charge in [-0.25, -0.2) is 9.18 Å². The molecule has 8 heteroatoms. The number of aryl methyl sites for hydroxylation is 1. The summed E-state index contributed by atoms with van der Waals surface area (Å²) in [5.41, 5.74) is 0.874. The van der Waals surface area contributed by atoms with Crippen molar-refractivity contribution in [3.05, 3.63) is 65.5 Å². The fraction of sp³-hybridized carbons (Fsp3) is 0.286. The molecule has 0 saturated heterocycles. The van der Waals surface area contributed by atoms with E-state index in [1.807, 2.05) is 0 Å². The van der Waals surface area contributed by atoms with Gasteiger partial charge in [-0.1, -0.05) is 18.2 Å². The predicted octanol–water partition coefficient (Wildman–Crippen LogP) is 2.84. The van der Waals surface area contributed by atoms with E-state index in [2.05, 4.69) is 15.4 Å². The van der Waals surface area contributed by atoms with Crippen LogP contribution < -0.4 is 15.4 Å². The number of hydrogen-bond donors (Lipinski definition) is 2. The molecular weight excluding hydrogens is 379 g/mol. The molecule has 0 aliphatic carbocycles. The number of benzene rings is 2. The second kappa shape index (κ2) is 11.4. The summed E-state index contributed by atoms with van der Waals surface area (Å²) in [4.78, 5) is 35.1. The number of carbonyl (C=O) groups excluding carboxylic acids is 3. The summed E-state index contributed by atoms with van der Waals surface area (Å²) < 4.78 is 23.1. The van der Waals surface area contributed by atoms with E-state index < -0.39 is 6.16 Å². The second-order valence-corrected chi connectivity index (χ2v) is 6.01. The van der Waals surface area contributed by atoms with Crippen LogP contribution in [0.2, 0.25) is 0 Å². The first-order valence-electron chi connectivity index (χ1n) is 9.22. The first-order valence-corrected chi connectivity index (χ1v) is 9.22. The zero-order chi connectivity index (χ0) is 21.1. The van der Waals surface area contributed by atoms with Crippen LogP contribution in [0.3, 0.4) is 0 Å². The van der Waals surface area contributed by atoms with Gasteiger partial charge in [-0.15, -0.1) is 0 Å². The number of carbonyl (C=O) groups is 3. The van der Waals surface area contributed by atoms with Crippen LogP contribution in [-0.4, -0.2) is 37.7 Å². The van der Waals surface area contributed by atoms with Crippen molar-refractivity contribution in [1.82, 2.24) is 10.6 Å². The summed E-state index contributed by atoms with van der Waals surface area (Å²) in [5, 5.41) is 5.35. The predicted molar refractivity (Wildman–Crippen MR) is 104 cm³/mol. The molecule has 0 spiro atoms. The Morgan fingerprint density at radius 1 is 0.966 bits per heavy atom. The highest BCUT2D eigenvalue weighted by atomic mass is 19.1. The van der Waals surface area contributed by atoms with Gasteiger partial charge < -0.3 is 20.1 Å². The summed E-state index contributed by atoms with van der Waals surface area (Å²) in [6, 6.07) is 12.3. The highest BCUT2D eigenvalue weighted by Crippen LogP contribution is 2.13. The normalized spacial score (nSPS) is 10.1. The number of hydrogen-bond acceptors (Lipinski definition) is 5. The number of ether oxygens (including phenoxy) is 2. The van der Waals surface area contributed by atoms with Gasteiger partial charge in [0.25, 0.3) is 5.91 Å². The van der Waals surface area contributed by atoms with E-state index in [0.29, 0.717) is 17.5 Å². The summed E-state index contributed by atoms with van der Waals surface area (Å²) >= 11 is 0. The van der Waals surface area contributed by atoms with Crippen LogP contribution in [0.25, 0.3) is 0 Å². The maximum Gasteiger partial charge on any atom is 0.513 e. The molecular formula is C21H23FN2O5. The Balaban J connectivity index is 1.66. The van der Waals surface area contributed by atoms with E-state index in [4.69, 9.17) is 4.74 Å². The third kappa shape index (κ3) is 7.61. The molecule has 0 aliphatic rings. The Kier molecular flexibility index (Phi) is 8.62. The van der Waals surface area contributed by atoms with Crippen molar-refractivity contribution in [3.8, 4) is 5.75 Å². The Morgan fingerprint density at radius 3 is 2.34 bits per heavy atom. The Hall–Kier alpha value is -3.42. The SMILES string of the molecule is CCOC(=O)Oc1ccc(C(=O)NCCNC(=O)CCc2ccccc2F)cc1. The average Bonchev–Trinajstić information content (AvgIpc) is 2.71. The van der Waals surface area contributed by atoms with Crippen LogP contribution in [-0.2, 0) is 16.0 Å². The molecule has 0 aromatic heterocycles. The summed E-state index contributed by atoms with van der Waals surface area (Å²) in [5.74, 6) is -0.607. The van der Waals surface area contributed by atoms with Gasteiger partial charge >= 0.3 is 6.16 Å². The first kappa shape index (κ1) is 21.9. The van der Waals surface area contributed by atoms with Crippen molar-refractivity contribution < 1.29 is 28.2 Å². The van der Waals surface area contributed by atoms with Crippen molar-refractivity contribution in [3.63, 3.8) is 0 Å². The quantitative estimate of drug-likeness (QED) is 0.382. The lowest BCUT2D eigenvalue weighted by atomic mass is 10.1. The lowest BCUT2D eigenvalue weighted by Gasteiger charge is -2.08. The van der Waals surface area contributed by atoms with E-state index in [1.54, 1.807) is 25.1 Å². The van der Waals surface area contributed by atoms with Gasteiger partial charge in [0.1, 0.15) is 11.6 Å². The minimum absolute atomic E-state index is 0.163. The summed E-state index contributed by atoms with van der Waals surface area (Å²) in [7, 11) is 0. The Morgan fingerprint density at radius 2 is 1.66 bits per heavy atom. The molecule has 0 saturated carbocycles. The number of amides is 2. The van der Waals surface area contributed by atoms with Crippen molar-refractivity contribution in [2.75, 3.05) is 19.7 Å². The van der Waals surface area contributed by atoms with Gasteiger partial charge in [-0.3, -0.25) is 9.59 Å². The zero-order valence-electron chi connectivity index (χ0n) is 16.1. The molecule has 7 nitrogen and oxygen atoms in total. The molecule has 0 aliphatic heterocycles. The molecule has 0 atom stereocenters. The number of rotatable bonds is 9. The van der Waals surface area contributed by atoms with Gasteiger partial charge in [0, 0.05) is 25.1 Å². The van der Waals surface area contributed by atoms with E-state index in [0.717, 1.165) is 0 Å². The third-order valence-electron chi connectivity index (χ3n) is 3.89. The van der Waals surface area contributed by atoms with E-state index in [1.165, 1.54) is 30.3 Å². The van der Waals surface area contributed by atoms with Crippen LogP contribution in [0.5, 0.6) is 5.75 Å². The van der Waals surface area contributed by atoms with Gasteiger partial charge in [-0.05, 0) is 49.2 Å². The van der Waals surface area contributed by atoms with E-state index in [9.17, 15) is 18.8 Å². The molecule has 2 aromatic carbocycles. The smallest absolute Gasteiger partial charge is 0.434 e. The summed E-state index contributed by atoms with van der Waals surface area (Å²) in [6.07, 6.45) is -0.336. The largest absolute Gasteiger partial charge is 0.513 e. The van der Waals surface area contributed by atoms with Crippen molar-refractivity contribution in [1.29, 1.82) is 0 Å². The fourth-order valence-electron chi connectivity index (χ4n) is 2.44. The van der Waals surface area contributed by atoms with E-state index in [-0.39, 0.29) is 49.5 Å². The molecule has 0 unspecified atom stereocenters. The second-order valence-electron chi connectivity index (χ2n) is 6.01. The van der Waals surface area contributed by atoms with Gasteiger partial charge in [0.15, 0.2) is 0 Å². The van der Waals surface area contributed by atoms with E-state index >= 15 is 0 Å². The van der Waals surface area contributed by atoms with Crippen LogP contribution >= 0.6 is 0 Å². The molecule has 0 heterocycles. The van der Waals surface area contributed by atoms with Gasteiger partial charge in [0.2, 0.25) is 5.91 Å². The van der Waals surface area contributed by atoms with Crippen LogP contribution in [0.4, 0.5) is 9.18 Å². The van der Waals surface area contributed by atoms with Crippen molar-refractivity contribution in [2.45, 2.75) is 19.8 Å². The Labute approximate surface area is 168 Å². The van der Waals surface area contributed by atoms with Crippen LogP contribution in [0.15, 0.2) is 48.5 Å². The zero-order valence-corrected chi connectivity index (χ0v) is 16.1. The third-order valence-corrected chi connectivity index (χ3v) is 3.89. The molecule has 154 valence electrons.